The van der Waals surface area contributed by atoms with Gasteiger partial charge in [-0.25, -0.2) is 4.79 Å². The molecule has 0 aliphatic heterocycles. The molecule has 1 aromatic heterocycles. The van der Waals surface area contributed by atoms with Crippen molar-refractivity contribution in [3.63, 3.8) is 0 Å². The van der Waals surface area contributed by atoms with Crippen LogP contribution in [0, 0.1) is 11.3 Å². The number of aryl methyl sites for hydroxylation is 1. The molecule has 17 heavy (non-hydrogen) atoms. The van der Waals surface area contributed by atoms with Crippen molar-refractivity contribution in [3.8, 4) is 6.07 Å². The summed E-state index contributed by atoms with van der Waals surface area (Å²) in [4.78, 5) is 11.2. The lowest BCUT2D eigenvalue weighted by molar-refractivity contribution is 0.0673. The molecule has 2 rings (SSSR count). The van der Waals surface area contributed by atoms with Gasteiger partial charge >= 0.3 is 5.97 Å². The van der Waals surface area contributed by atoms with Crippen molar-refractivity contribution in [1.29, 1.82) is 5.26 Å². The number of aromatic nitrogens is 1. The van der Waals surface area contributed by atoms with Gasteiger partial charge in [0.05, 0.1) is 17.1 Å². The molecule has 0 saturated carbocycles. The minimum absolute atomic E-state index is 0.164. The quantitative estimate of drug-likeness (QED) is 0.865. The van der Waals surface area contributed by atoms with Gasteiger partial charge in [0, 0.05) is 5.39 Å². The van der Waals surface area contributed by atoms with Gasteiger partial charge in [-0.05, 0) is 30.2 Å². The fraction of sp³-hybridized carbons (Fsp3) is 0.167. The van der Waals surface area contributed by atoms with Crippen LogP contribution >= 0.6 is 0 Å². The monoisotopic (exact) mass is 232 g/mol. The molecule has 0 aliphatic carbocycles. The second kappa shape index (κ2) is 3.91. The van der Waals surface area contributed by atoms with Crippen LogP contribution in [0.5, 0.6) is 0 Å². The molecule has 0 unspecified atom stereocenters. The van der Waals surface area contributed by atoms with Gasteiger partial charge in [-0.2, -0.15) is 10.1 Å². The van der Waals surface area contributed by atoms with Crippen LogP contribution < -0.4 is 0 Å². The molecule has 0 bridgehead atoms. The number of hydrogen-bond donors (Lipinski definition) is 1. The number of rotatable bonds is 2. The van der Waals surface area contributed by atoms with Gasteiger partial charge in [-0.1, -0.05) is 11.4 Å². The standard InChI is InChI=1S/C12H9FN2O2/c1-2-8-9-5-7(6-14)3-4-10(9)15(13)11(8)12(16)17/h3-5H,2H2,1H3,(H,16,17). The normalized spacial score (nSPS) is 10.4. The van der Waals surface area contributed by atoms with Gasteiger partial charge in [0.1, 0.15) is 0 Å². The van der Waals surface area contributed by atoms with Gasteiger partial charge in [0.2, 0.25) is 0 Å². The Labute approximate surface area is 96.4 Å². The van der Waals surface area contributed by atoms with Crippen molar-refractivity contribution >= 4 is 16.9 Å². The summed E-state index contributed by atoms with van der Waals surface area (Å²) in [7, 11) is 0. The molecular formula is C12H9FN2O2. The van der Waals surface area contributed by atoms with Gasteiger partial charge in [-0.3, -0.25) is 0 Å². The average Bonchev–Trinajstić information content (AvgIpc) is 2.61. The number of benzene rings is 1. The summed E-state index contributed by atoms with van der Waals surface area (Å²) in [5, 5.41) is 18.2. The van der Waals surface area contributed by atoms with Crippen LogP contribution in [-0.2, 0) is 6.42 Å². The zero-order valence-electron chi connectivity index (χ0n) is 9.07. The van der Waals surface area contributed by atoms with E-state index in [-0.39, 0.29) is 16.0 Å². The summed E-state index contributed by atoms with van der Waals surface area (Å²) in [5.41, 5.74) is 0.609. The van der Waals surface area contributed by atoms with Crippen LogP contribution in [0.25, 0.3) is 10.9 Å². The van der Waals surface area contributed by atoms with Crippen molar-refractivity contribution in [2.45, 2.75) is 13.3 Å². The van der Waals surface area contributed by atoms with E-state index in [1.807, 2.05) is 6.07 Å². The van der Waals surface area contributed by atoms with Crippen LogP contribution in [0.1, 0.15) is 28.5 Å². The Morgan fingerprint density at radius 2 is 2.29 bits per heavy atom. The van der Waals surface area contributed by atoms with Crippen molar-refractivity contribution in [2.24, 2.45) is 0 Å². The summed E-state index contributed by atoms with van der Waals surface area (Å²) < 4.78 is 13.8. The van der Waals surface area contributed by atoms with Crippen LogP contribution in [0.15, 0.2) is 18.2 Å². The highest BCUT2D eigenvalue weighted by atomic mass is 19.2. The molecular weight excluding hydrogens is 223 g/mol. The van der Waals surface area contributed by atoms with E-state index >= 15 is 0 Å². The van der Waals surface area contributed by atoms with E-state index < -0.39 is 5.97 Å². The fourth-order valence-corrected chi connectivity index (χ4v) is 1.96. The topological polar surface area (TPSA) is 66.0 Å². The van der Waals surface area contributed by atoms with E-state index in [2.05, 4.69) is 0 Å². The van der Waals surface area contributed by atoms with Crippen molar-refractivity contribution in [2.75, 3.05) is 0 Å². The molecule has 86 valence electrons. The largest absolute Gasteiger partial charge is 0.476 e. The van der Waals surface area contributed by atoms with Crippen LogP contribution in [0.4, 0.5) is 4.48 Å². The molecule has 0 amide bonds. The second-order valence-corrected chi connectivity index (χ2v) is 3.61. The van der Waals surface area contributed by atoms with Crippen molar-refractivity contribution in [3.05, 3.63) is 35.0 Å². The maximum Gasteiger partial charge on any atom is 0.355 e. The maximum atomic E-state index is 13.8. The molecule has 4 nitrogen and oxygen atoms in total. The first kappa shape index (κ1) is 11.1. The number of fused-ring (bicyclic) bond motifs is 1. The number of nitriles is 1. The molecule has 1 heterocycles. The number of carboxylic acid groups (broad SMARTS) is 1. The molecule has 0 spiro atoms. The SMILES string of the molecule is CCc1c(C(=O)O)n(F)c2ccc(C#N)cc12. The number of nitrogens with zero attached hydrogens (tertiary/aromatic N) is 2. The number of aromatic carboxylic acids is 1. The van der Waals surface area contributed by atoms with E-state index in [1.165, 1.54) is 18.2 Å². The van der Waals surface area contributed by atoms with Crippen LogP contribution in [0.2, 0.25) is 0 Å². The van der Waals surface area contributed by atoms with Gasteiger partial charge in [0.25, 0.3) is 0 Å². The average molecular weight is 232 g/mol. The van der Waals surface area contributed by atoms with E-state index in [9.17, 15) is 9.28 Å². The lowest BCUT2D eigenvalue weighted by Crippen LogP contribution is -2.04. The van der Waals surface area contributed by atoms with Gasteiger partial charge in [-0.15, -0.1) is 0 Å². The Hall–Kier alpha value is -2.35. The summed E-state index contributed by atoms with van der Waals surface area (Å²) in [6, 6.07) is 6.34. The molecule has 0 fully saturated rings. The fourth-order valence-electron chi connectivity index (χ4n) is 1.96. The highest BCUT2D eigenvalue weighted by Gasteiger charge is 2.21. The van der Waals surface area contributed by atoms with Crippen molar-refractivity contribution < 1.29 is 14.4 Å². The van der Waals surface area contributed by atoms with Crippen molar-refractivity contribution in [1.82, 2.24) is 4.79 Å². The Balaban J connectivity index is 2.90. The van der Waals surface area contributed by atoms with Gasteiger partial charge < -0.3 is 5.11 Å². The van der Waals surface area contributed by atoms with E-state index in [4.69, 9.17) is 10.4 Å². The van der Waals surface area contributed by atoms with E-state index in [0.29, 0.717) is 22.9 Å². The molecule has 2 aromatic rings. The predicted molar refractivity (Wildman–Crippen MR) is 59.5 cm³/mol. The number of carbonyl (C=O) groups is 1. The highest BCUT2D eigenvalue weighted by molar-refractivity contribution is 5.98. The Kier molecular flexibility index (Phi) is 2.56. The third-order valence-electron chi connectivity index (χ3n) is 2.70. The first-order valence-corrected chi connectivity index (χ1v) is 5.07. The molecule has 5 heteroatoms. The third kappa shape index (κ3) is 1.54. The molecule has 1 aromatic carbocycles. The molecule has 0 radical (unpaired) electrons. The Bertz CT molecular complexity index is 653. The number of carboxylic acids is 1. The van der Waals surface area contributed by atoms with E-state index in [0.717, 1.165) is 0 Å². The molecule has 1 N–H and O–H groups in total. The number of halogens is 1. The summed E-state index contributed by atoms with van der Waals surface area (Å²) in [6.07, 6.45) is 0.393. The minimum atomic E-state index is -1.31. The molecule has 0 atom stereocenters. The minimum Gasteiger partial charge on any atom is -0.476 e. The smallest absolute Gasteiger partial charge is 0.355 e. The summed E-state index contributed by atoms with van der Waals surface area (Å²) >= 11 is 0. The zero-order chi connectivity index (χ0) is 12.6. The Morgan fingerprint density at radius 3 is 2.82 bits per heavy atom. The van der Waals surface area contributed by atoms with Gasteiger partial charge in [0.15, 0.2) is 5.69 Å². The second-order valence-electron chi connectivity index (χ2n) is 3.61. The predicted octanol–water partition coefficient (Wildman–Crippen LogP) is 2.51. The number of hydrogen-bond acceptors (Lipinski definition) is 2. The van der Waals surface area contributed by atoms with Crippen LogP contribution in [-0.4, -0.2) is 15.9 Å². The molecule has 0 saturated heterocycles. The van der Waals surface area contributed by atoms with E-state index in [1.54, 1.807) is 6.92 Å². The first-order chi connectivity index (χ1) is 8.10. The Morgan fingerprint density at radius 1 is 1.59 bits per heavy atom. The first-order valence-electron chi connectivity index (χ1n) is 5.07. The van der Waals surface area contributed by atoms with Crippen LogP contribution in [0.3, 0.4) is 0 Å². The zero-order valence-corrected chi connectivity index (χ0v) is 9.07. The summed E-state index contributed by atoms with van der Waals surface area (Å²) in [6.45, 7) is 1.75. The summed E-state index contributed by atoms with van der Waals surface area (Å²) in [5.74, 6) is -1.31. The lowest BCUT2D eigenvalue weighted by Gasteiger charge is -1.96. The third-order valence-corrected chi connectivity index (χ3v) is 2.70. The highest BCUT2D eigenvalue weighted by Crippen LogP contribution is 2.27. The maximum absolute atomic E-state index is 13.8. The molecule has 0 aliphatic rings. The lowest BCUT2D eigenvalue weighted by atomic mass is 10.1.